The molecule has 2 N–H and O–H groups in total. The topological polar surface area (TPSA) is 118 Å². The van der Waals surface area contributed by atoms with E-state index in [9.17, 15) is 14.4 Å². The summed E-state index contributed by atoms with van der Waals surface area (Å²) >= 11 is 0. The molecule has 0 bridgehead atoms. The van der Waals surface area contributed by atoms with E-state index in [1.165, 1.54) is 7.11 Å². The van der Waals surface area contributed by atoms with Crippen LogP contribution in [0.1, 0.15) is 24.0 Å². The van der Waals surface area contributed by atoms with Gasteiger partial charge < -0.3 is 20.1 Å². The van der Waals surface area contributed by atoms with E-state index in [0.29, 0.717) is 0 Å². The third kappa shape index (κ3) is 8.19. The number of esters is 1. The minimum Gasteiger partial charge on any atom is -0.467 e. The molecule has 2 atom stereocenters. The Balaban J connectivity index is 2.07. The Labute approximate surface area is 181 Å². The second-order valence-corrected chi connectivity index (χ2v) is 6.73. The van der Waals surface area contributed by atoms with Crippen molar-refractivity contribution in [2.24, 2.45) is 0 Å². The molecule has 0 unspecified atom stereocenters. The highest BCUT2D eigenvalue weighted by Crippen LogP contribution is 2.07. The molecule has 2 rings (SSSR count). The Morgan fingerprint density at radius 3 is 2.13 bits per heavy atom. The highest BCUT2D eigenvalue weighted by molar-refractivity contribution is 5.89. The van der Waals surface area contributed by atoms with Crippen molar-refractivity contribution >= 4 is 18.0 Å². The molecule has 8 nitrogen and oxygen atoms in total. The zero-order valence-corrected chi connectivity index (χ0v) is 17.2. The number of nitrogens with one attached hydrogen (secondary N) is 2. The molecule has 0 radical (unpaired) electrons. The smallest absolute Gasteiger partial charge is 0.408 e. The SMILES string of the molecule is COC(=O)[C@@H](CCC#N)NC(=O)[C@H](Cc1ccccc1)NC(=O)OCc1ccccc1. The predicted molar refractivity (Wildman–Crippen MR) is 112 cm³/mol. The van der Waals surface area contributed by atoms with Crippen LogP contribution in [0.4, 0.5) is 4.79 Å². The standard InChI is InChI=1S/C23H25N3O5/c1-30-22(28)19(13-8-14-24)25-21(27)20(15-17-9-4-2-5-10-17)26-23(29)31-16-18-11-6-3-7-12-18/h2-7,9-12,19-20H,8,13,15-16H2,1H3,(H,25,27)(H,26,29)/t19-,20+/m1/s1. The molecule has 0 saturated carbocycles. The fourth-order valence-corrected chi connectivity index (χ4v) is 2.84. The molecule has 0 aliphatic heterocycles. The molecule has 2 aromatic carbocycles. The van der Waals surface area contributed by atoms with Crippen LogP contribution in [-0.4, -0.2) is 37.2 Å². The van der Waals surface area contributed by atoms with Crippen molar-refractivity contribution in [1.82, 2.24) is 10.6 Å². The zero-order chi connectivity index (χ0) is 22.5. The Hall–Kier alpha value is -3.86. The van der Waals surface area contributed by atoms with Gasteiger partial charge in [-0.05, 0) is 17.5 Å². The Morgan fingerprint density at radius 2 is 1.55 bits per heavy atom. The highest BCUT2D eigenvalue weighted by Gasteiger charge is 2.27. The number of nitrogens with zero attached hydrogens (tertiary/aromatic N) is 1. The van der Waals surface area contributed by atoms with E-state index >= 15 is 0 Å². The van der Waals surface area contributed by atoms with Crippen molar-refractivity contribution in [3.63, 3.8) is 0 Å². The van der Waals surface area contributed by atoms with Gasteiger partial charge in [0, 0.05) is 12.8 Å². The van der Waals surface area contributed by atoms with Crippen molar-refractivity contribution in [1.29, 1.82) is 5.26 Å². The third-order valence-corrected chi connectivity index (χ3v) is 4.45. The summed E-state index contributed by atoms with van der Waals surface area (Å²) in [5.41, 5.74) is 1.63. The van der Waals surface area contributed by atoms with Crippen molar-refractivity contribution in [3.8, 4) is 6.07 Å². The van der Waals surface area contributed by atoms with Gasteiger partial charge in [0.2, 0.25) is 5.91 Å². The van der Waals surface area contributed by atoms with Gasteiger partial charge >= 0.3 is 12.1 Å². The van der Waals surface area contributed by atoms with E-state index in [1.54, 1.807) is 0 Å². The molecular formula is C23H25N3O5. The first kappa shape index (κ1) is 23.4. The summed E-state index contributed by atoms with van der Waals surface area (Å²) in [7, 11) is 1.20. The number of ether oxygens (including phenoxy) is 2. The average Bonchev–Trinajstić information content (AvgIpc) is 2.80. The van der Waals surface area contributed by atoms with Crippen LogP contribution < -0.4 is 10.6 Å². The lowest BCUT2D eigenvalue weighted by molar-refractivity contribution is -0.145. The Morgan fingerprint density at radius 1 is 0.935 bits per heavy atom. The van der Waals surface area contributed by atoms with Crippen LogP contribution in [0.5, 0.6) is 0 Å². The predicted octanol–water partition coefficient (Wildman–Crippen LogP) is 2.49. The van der Waals surface area contributed by atoms with Crippen LogP contribution in [0.25, 0.3) is 0 Å². The van der Waals surface area contributed by atoms with Crippen LogP contribution in [0.15, 0.2) is 60.7 Å². The normalized spacial score (nSPS) is 12.0. The number of hydrogen-bond acceptors (Lipinski definition) is 6. The average molecular weight is 423 g/mol. The lowest BCUT2D eigenvalue weighted by Crippen LogP contribution is -2.52. The maximum atomic E-state index is 12.9. The molecule has 0 aliphatic carbocycles. The maximum absolute atomic E-state index is 12.9. The number of methoxy groups -OCH3 is 1. The fourth-order valence-electron chi connectivity index (χ4n) is 2.84. The van der Waals surface area contributed by atoms with Crippen LogP contribution in [-0.2, 0) is 32.1 Å². The number of amides is 2. The quantitative estimate of drug-likeness (QED) is 0.567. The van der Waals surface area contributed by atoms with Gasteiger partial charge in [0.05, 0.1) is 13.2 Å². The van der Waals surface area contributed by atoms with Crippen LogP contribution in [0.3, 0.4) is 0 Å². The molecular weight excluding hydrogens is 398 g/mol. The number of carbonyl (C=O) groups is 3. The lowest BCUT2D eigenvalue weighted by Gasteiger charge is -2.22. The number of benzene rings is 2. The van der Waals surface area contributed by atoms with E-state index in [2.05, 4.69) is 10.6 Å². The van der Waals surface area contributed by atoms with Crippen LogP contribution in [0.2, 0.25) is 0 Å². The molecule has 0 fully saturated rings. The van der Waals surface area contributed by atoms with Crippen molar-refractivity contribution in [3.05, 3.63) is 71.8 Å². The second-order valence-electron chi connectivity index (χ2n) is 6.73. The molecule has 0 saturated heterocycles. The third-order valence-electron chi connectivity index (χ3n) is 4.45. The number of nitriles is 1. The summed E-state index contributed by atoms with van der Waals surface area (Å²) in [4.78, 5) is 37.2. The van der Waals surface area contributed by atoms with Gasteiger partial charge in [-0.2, -0.15) is 5.26 Å². The number of carbonyl (C=O) groups excluding carboxylic acids is 3. The Kier molecular flexibility index (Phi) is 9.56. The van der Waals surface area contributed by atoms with Crippen molar-refractivity contribution in [2.45, 2.75) is 38.0 Å². The van der Waals surface area contributed by atoms with Gasteiger partial charge in [-0.3, -0.25) is 4.79 Å². The summed E-state index contributed by atoms with van der Waals surface area (Å²) in [6, 6.07) is 18.2. The van der Waals surface area contributed by atoms with Crippen molar-refractivity contribution in [2.75, 3.05) is 7.11 Å². The van der Waals surface area contributed by atoms with E-state index in [4.69, 9.17) is 14.7 Å². The molecule has 0 heterocycles. The summed E-state index contributed by atoms with van der Waals surface area (Å²) < 4.78 is 9.92. The Bertz CT molecular complexity index is 896. The lowest BCUT2D eigenvalue weighted by atomic mass is 10.0. The van der Waals surface area contributed by atoms with E-state index in [0.717, 1.165) is 11.1 Å². The zero-order valence-electron chi connectivity index (χ0n) is 17.2. The monoisotopic (exact) mass is 423 g/mol. The largest absolute Gasteiger partial charge is 0.467 e. The van der Waals surface area contributed by atoms with Gasteiger partial charge in [-0.25, -0.2) is 9.59 Å². The van der Waals surface area contributed by atoms with Gasteiger partial charge in [0.25, 0.3) is 0 Å². The molecule has 31 heavy (non-hydrogen) atoms. The molecule has 8 heteroatoms. The van der Waals surface area contributed by atoms with E-state index in [1.807, 2.05) is 66.7 Å². The summed E-state index contributed by atoms with van der Waals surface area (Å²) in [5, 5.41) is 13.9. The van der Waals surface area contributed by atoms with Crippen LogP contribution in [0, 0.1) is 11.3 Å². The minimum atomic E-state index is -0.988. The second kappa shape index (κ2) is 12.6. The molecule has 2 aromatic rings. The molecule has 2 amide bonds. The number of hydrogen-bond donors (Lipinski definition) is 2. The molecule has 162 valence electrons. The maximum Gasteiger partial charge on any atom is 0.408 e. The first-order valence-corrected chi connectivity index (χ1v) is 9.79. The van der Waals surface area contributed by atoms with E-state index < -0.39 is 30.1 Å². The van der Waals surface area contributed by atoms with Crippen molar-refractivity contribution < 1.29 is 23.9 Å². The van der Waals surface area contributed by atoms with Gasteiger partial charge in [-0.1, -0.05) is 60.7 Å². The van der Waals surface area contributed by atoms with Crippen LogP contribution >= 0.6 is 0 Å². The number of alkyl carbamates (subject to hydrolysis) is 1. The van der Waals surface area contributed by atoms with Gasteiger partial charge in [0.15, 0.2) is 0 Å². The highest BCUT2D eigenvalue weighted by atomic mass is 16.5. The molecule has 0 aromatic heterocycles. The number of rotatable bonds is 10. The molecule has 0 spiro atoms. The fraction of sp³-hybridized carbons (Fsp3) is 0.304. The summed E-state index contributed by atoms with van der Waals surface area (Å²) in [6.07, 6.45) is -0.396. The van der Waals surface area contributed by atoms with Gasteiger partial charge in [-0.15, -0.1) is 0 Å². The minimum absolute atomic E-state index is 0.0549. The van der Waals surface area contributed by atoms with E-state index in [-0.39, 0.29) is 25.9 Å². The molecule has 0 aliphatic rings. The first-order valence-electron chi connectivity index (χ1n) is 9.79. The first-order chi connectivity index (χ1) is 15.0. The summed E-state index contributed by atoms with van der Waals surface area (Å²) in [5.74, 6) is -1.23. The summed E-state index contributed by atoms with van der Waals surface area (Å²) in [6.45, 7) is 0.0549. The van der Waals surface area contributed by atoms with Gasteiger partial charge in [0.1, 0.15) is 18.7 Å².